The van der Waals surface area contributed by atoms with Gasteiger partial charge in [0.25, 0.3) is 0 Å². The summed E-state index contributed by atoms with van der Waals surface area (Å²) in [5.74, 6) is 0. The van der Waals surface area contributed by atoms with Gasteiger partial charge in [0.15, 0.2) is 8.07 Å². The van der Waals surface area contributed by atoms with E-state index in [1.54, 1.807) is 0 Å². The maximum Gasteiger partial charge on any atom is 0.179 e. The summed E-state index contributed by atoms with van der Waals surface area (Å²) < 4.78 is 5.09. The molecule has 0 saturated heterocycles. The minimum atomic E-state index is -2.87. The van der Waals surface area contributed by atoms with Crippen LogP contribution in [0.2, 0.25) is 0 Å². The number of hydrogen-bond donors (Lipinski definition) is 0. The first-order valence-corrected chi connectivity index (χ1v) is 23.6. The lowest BCUT2D eigenvalue weighted by atomic mass is 9.90. The molecule has 8 aromatic rings. The van der Waals surface area contributed by atoms with Gasteiger partial charge >= 0.3 is 0 Å². The van der Waals surface area contributed by atoms with Crippen molar-refractivity contribution in [2.45, 2.75) is 69.2 Å². The number of hydrogen-bond acceptors (Lipinski definition) is 1. The molecule has 0 aliphatic rings. The van der Waals surface area contributed by atoms with Gasteiger partial charge in [-0.1, -0.05) is 103 Å². The fourth-order valence-corrected chi connectivity index (χ4v) is 15.7. The second kappa shape index (κ2) is 14.7. The molecule has 0 saturated carbocycles. The summed E-state index contributed by atoms with van der Waals surface area (Å²) in [4.78, 5) is 5.43. The first-order chi connectivity index (χ1) is 26.8. The van der Waals surface area contributed by atoms with Crippen LogP contribution in [0, 0.1) is 76.4 Å². The summed E-state index contributed by atoms with van der Waals surface area (Å²) in [5.41, 5.74) is 19.2. The largest absolute Gasteiger partial charge is 0.308 e. The van der Waals surface area contributed by atoms with Gasteiger partial charge in [-0.25, -0.2) is 0 Å². The fourth-order valence-electron chi connectivity index (χ4n) is 9.31. The monoisotopic (exact) mass is 970 g/mol. The van der Waals surface area contributed by atoms with E-state index in [4.69, 9.17) is 4.98 Å². The third-order valence-electron chi connectivity index (χ3n) is 13.0. The zero-order valence-corrected chi connectivity index (χ0v) is 39.4. The van der Waals surface area contributed by atoms with Gasteiger partial charge in [-0.05, 0) is 191 Å². The van der Waals surface area contributed by atoms with Crippen molar-refractivity contribution in [1.82, 2.24) is 9.55 Å². The Morgan fingerprint density at radius 2 is 0.839 bits per heavy atom. The summed E-state index contributed by atoms with van der Waals surface area (Å²) in [6, 6.07) is 41.3. The quantitative estimate of drug-likeness (QED) is 0.0922. The van der Waals surface area contributed by atoms with Crippen molar-refractivity contribution < 1.29 is 0 Å². The first-order valence-electron chi connectivity index (χ1n) is 19.5. The standard InChI is InChI=1S/C51H48I2N2Si/c1-29-31(3)35(7)50-45(33(29)5)46-34(6)30(2)32(4)36(8)51(46)55(50)44-28-42(26-27-43(44)49-48(53)37(9)47(52)38(10)54-49)56(39-20-14-11-15-21-39,40-22-16-12-17-23-40)41-24-18-13-19-25-41/h11-28H,1-10H3. The van der Waals surface area contributed by atoms with Gasteiger partial charge in [-0.15, -0.1) is 0 Å². The summed E-state index contributed by atoms with van der Waals surface area (Å²) in [7, 11) is -2.87. The van der Waals surface area contributed by atoms with E-state index in [2.05, 4.69) is 228 Å². The van der Waals surface area contributed by atoms with E-state index in [0.29, 0.717) is 0 Å². The third kappa shape index (κ3) is 5.70. The highest BCUT2D eigenvalue weighted by Crippen LogP contribution is 2.45. The van der Waals surface area contributed by atoms with Crippen LogP contribution >= 0.6 is 45.2 Å². The number of aromatic nitrogens is 2. The lowest BCUT2D eigenvalue weighted by Gasteiger charge is -2.35. The van der Waals surface area contributed by atoms with Crippen molar-refractivity contribution in [3.05, 3.63) is 172 Å². The number of rotatable bonds is 6. The van der Waals surface area contributed by atoms with Crippen LogP contribution in [0.4, 0.5) is 0 Å². The Labute approximate surface area is 360 Å². The molecule has 2 nitrogen and oxygen atoms in total. The van der Waals surface area contributed by atoms with Gasteiger partial charge in [-0.2, -0.15) is 0 Å². The lowest BCUT2D eigenvalue weighted by Crippen LogP contribution is -2.74. The summed E-state index contributed by atoms with van der Waals surface area (Å²) in [6.07, 6.45) is 0. The predicted molar refractivity (Wildman–Crippen MR) is 260 cm³/mol. The van der Waals surface area contributed by atoms with Gasteiger partial charge in [0.1, 0.15) is 0 Å². The molecule has 0 unspecified atom stereocenters. The average molecular weight is 971 g/mol. The van der Waals surface area contributed by atoms with Gasteiger partial charge in [0.2, 0.25) is 0 Å². The van der Waals surface area contributed by atoms with Crippen LogP contribution in [0.15, 0.2) is 109 Å². The number of pyridine rings is 1. The minimum Gasteiger partial charge on any atom is -0.308 e. The SMILES string of the molecule is Cc1nc(-c2ccc([Si](c3ccccc3)(c3ccccc3)c3ccccc3)cc2-n2c3c(C)c(C)c(C)c(C)c3c3c(C)c(C)c(C)c(C)c32)c(I)c(C)c1I. The Bertz CT molecular complexity index is 2680. The molecule has 2 aromatic heterocycles. The number of nitrogens with zero attached hydrogens (tertiary/aromatic N) is 2. The van der Waals surface area contributed by atoms with Crippen molar-refractivity contribution in [3.8, 4) is 16.9 Å². The number of benzene rings is 6. The predicted octanol–water partition coefficient (Wildman–Crippen LogP) is 11.5. The Hall–Kier alpha value is -4.05. The molecule has 5 heteroatoms. The topological polar surface area (TPSA) is 17.8 Å². The van der Waals surface area contributed by atoms with E-state index in [1.807, 2.05) is 0 Å². The zero-order chi connectivity index (χ0) is 39.8. The Morgan fingerprint density at radius 1 is 0.429 bits per heavy atom. The highest BCUT2D eigenvalue weighted by molar-refractivity contribution is 14.1. The lowest BCUT2D eigenvalue weighted by molar-refractivity contribution is 1.11. The maximum absolute atomic E-state index is 5.43. The molecule has 0 fully saturated rings. The van der Waals surface area contributed by atoms with Crippen molar-refractivity contribution >= 4 is 95.8 Å². The van der Waals surface area contributed by atoms with Crippen molar-refractivity contribution in [1.29, 1.82) is 0 Å². The van der Waals surface area contributed by atoms with Crippen molar-refractivity contribution in [2.75, 3.05) is 0 Å². The molecule has 6 aromatic carbocycles. The molecular weight excluding hydrogens is 922 g/mol. The molecule has 0 amide bonds. The second-order valence-electron chi connectivity index (χ2n) is 15.7. The second-order valence-corrected chi connectivity index (χ2v) is 21.6. The third-order valence-corrected chi connectivity index (χ3v) is 20.7. The van der Waals surface area contributed by atoms with Crippen LogP contribution in [-0.4, -0.2) is 17.6 Å². The van der Waals surface area contributed by atoms with E-state index in [-0.39, 0.29) is 0 Å². The van der Waals surface area contributed by atoms with E-state index in [9.17, 15) is 0 Å². The van der Waals surface area contributed by atoms with Crippen LogP contribution < -0.4 is 20.7 Å². The van der Waals surface area contributed by atoms with Crippen molar-refractivity contribution in [2.24, 2.45) is 0 Å². The molecule has 0 radical (unpaired) electrons. The molecule has 8 rings (SSSR count). The number of aryl methyl sites for hydroxylation is 5. The van der Waals surface area contributed by atoms with E-state index >= 15 is 0 Å². The van der Waals surface area contributed by atoms with E-state index in [0.717, 1.165) is 17.0 Å². The summed E-state index contributed by atoms with van der Waals surface area (Å²) >= 11 is 5.02. The fraction of sp³-hybridized carbons (Fsp3) is 0.196. The molecule has 0 spiro atoms. The van der Waals surface area contributed by atoms with E-state index < -0.39 is 8.07 Å². The molecule has 0 aliphatic carbocycles. The van der Waals surface area contributed by atoms with E-state index in [1.165, 1.54) is 105 Å². The first kappa shape index (κ1) is 38.8. The van der Waals surface area contributed by atoms with Gasteiger partial charge in [0, 0.05) is 23.5 Å². The minimum absolute atomic E-state index is 1.04. The molecular formula is C51H48I2N2Si. The van der Waals surface area contributed by atoms with Gasteiger partial charge in [0.05, 0.1) is 28.1 Å². The molecule has 0 aliphatic heterocycles. The smallest absolute Gasteiger partial charge is 0.179 e. The molecule has 0 N–H and O–H groups in total. The van der Waals surface area contributed by atoms with Crippen LogP contribution in [0.25, 0.3) is 38.8 Å². The molecule has 280 valence electrons. The Balaban J connectivity index is 1.66. The highest BCUT2D eigenvalue weighted by Gasteiger charge is 2.42. The molecule has 56 heavy (non-hydrogen) atoms. The molecule has 0 atom stereocenters. The van der Waals surface area contributed by atoms with Crippen LogP contribution in [0.3, 0.4) is 0 Å². The van der Waals surface area contributed by atoms with Crippen LogP contribution in [0.5, 0.6) is 0 Å². The summed E-state index contributed by atoms with van der Waals surface area (Å²) in [5, 5.41) is 8.18. The number of fused-ring (bicyclic) bond motifs is 3. The van der Waals surface area contributed by atoms with Crippen LogP contribution in [0.1, 0.15) is 55.8 Å². The van der Waals surface area contributed by atoms with Crippen molar-refractivity contribution in [3.63, 3.8) is 0 Å². The van der Waals surface area contributed by atoms with Gasteiger partial charge in [-0.3, -0.25) is 4.98 Å². The average Bonchev–Trinajstić information content (AvgIpc) is 3.59. The maximum atomic E-state index is 5.43. The molecule has 2 heterocycles. The Kier molecular flexibility index (Phi) is 10.2. The number of halogens is 2. The summed E-state index contributed by atoms with van der Waals surface area (Å²) in [6.45, 7) is 23.0. The zero-order valence-electron chi connectivity index (χ0n) is 34.0. The van der Waals surface area contributed by atoms with Crippen LogP contribution in [-0.2, 0) is 0 Å². The normalized spacial score (nSPS) is 11.9. The van der Waals surface area contributed by atoms with Gasteiger partial charge < -0.3 is 4.57 Å². The molecule has 0 bridgehead atoms. The highest BCUT2D eigenvalue weighted by atomic mass is 127. The Morgan fingerprint density at radius 3 is 1.27 bits per heavy atom.